The van der Waals surface area contributed by atoms with E-state index in [0.717, 1.165) is 6.26 Å². The summed E-state index contributed by atoms with van der Waals surface area (Å²) < 4.78 is 36.4. The van der Waals surface area contributed by atoms with E-state index in [1.54, 1.807) is 12.1 Å². The quantitative estimate of drug-likeness (QED) is 0.911. The minimum Gasteiger partial charge on any atom is -0.388 e. The highest BCUT2D eigenvalue weighted by Crippen LogP contribution is 2.37. The smallest absolute Gasteiger partial charge is 0.153 e. The Labute approximate surface area is 107 Å². The third kappa shape index (κ3) is 2.72. The molecule has 0 radical (unpaired) electrons. The Morgan fingerprint density at radius 1 is 1.50 bits per heavy atom. The standard InChI is InChI=1S/C13H17FO3S/c1-18(16,17)12-6-3-7-13(12,15)9-10-4-2-5-11(14)8-10/h2,4-5,8,12,15H,3,6-7,9H2,1H3. The second-order valence-corrected chi connectivity index (χ2v) is 7.35. The lowest BCUT2D eigenvalue weighted by Crippen LogP contribution is -2.44. The van der Waals surface area contributed by atoms with E-state index in [2.05, 4.69) is 0 Å². The molecule has 1 aromatic rings. The summed E-state index contributed by atoms with van der Waals surface area (Å²) in [6, 6.07) is 5.95. The van der Waals surface area contributed by atoms with Crippen molar-refractivity contribution in [3.8, 4) is 0 Å². The zero-order valence-electron chi connectivity index (χ0n) is 10.3. The molecule has 0 spiro atoms. The molecule has 0 bridgehead atoms. The third-order valence-corrected chi connectivity index (χ3v) is 5.30. The first-order chi connectivity index (χ1) is 8.31. The van der Waals surface area contributed by atoms with Gasteiger partial charge in [0.1, 0.15) is 5.82 Å². The summed E-state index contributed by atoms with van der Waals surface area (Å²) >= 11 is 0. The third-order valence-electron chi connectivity index (χ3n) is 3.59. The van der Waals surface area contributed by atoms with Crippen LogP contribution in [0.4, 0.5) is 4.39 Å². The van der Waals surface area contributed by atoms with Crippen molar-refractivity contribution in [3.05, 3.63) is 35.6 Å². The molecule has 1 aromatic carbocycles. The van der Waals surface area contributed by atoms with Gasteiger partial charge in [-0.15, -0.1) is 0 Å². The molecule has 5 heteroatoms. The molecule has 1 fully saturated rings. The highest BCUT2D eigenvalue weighted by Gasteiger charge is 2.46. The number of hydrogen-bond acceptors (Lipinski definition) is 3. The van der Waals surface area contributed by atoms with Crippen molar-refractivity contribution in [1.82, 2.24) is 0 Å². The van der Waals surface area contributed by atoms with E-state index in [1.807, 2.05) is 0 Å². The molecule has 0 saturated heterocycles. The molecule has 2 atom stereocenters. The fourth-order valence-electron chi connectivity index (χ4n) is 2.84. The Morgan fingerprint density at radius 3 is 2.83 bits per heavy atom. The summed E-state index contributed by atoms with van der Waals surface area (Å²) in [5.74, 6) is -0.370. The molecule has 1 saturated carbocycles. The van der Waals surface area contributed by atoms with Crippen molar-refractivity contribution in [2.24, 2.45) is 0 Å². The molecule has 0 amide bonds. The van der Waals surface area contributed by atoms with E-state index in [1.165, 1.54) is 12.1 Å². The zero-order chi connectivity index (χ0) is 13.4. The normalized spacial score (nSPS) is 28.5. The Bertz CT molecular complexity index is 541. The second kappa shape index (κ2) is 4.63. The van der Waals surface area contributed by atoms with Crippen LogP contribution < -0.4 is 0 Å². The van der Waals surface area contributed by atoms with Gasteiger partial charge in [-0.1, -0.05) is 12.1 Å². The van der Waals surface area contributed by atoms with Gasteiger partial charge in [-0.2, -0.15) is 0 Å². The van der Waals surface area contributed by atoms with Crippen LogP contribution in [-0.4, -0.2) is 30.6 Å². The average Bonchev–Trinajstić information content (AvgIpc) is 2.59. The molecule has 1 aliphatic rings. The van der Waals surface area contributed by atoms with E-state index in [-0.39, 0.29) is 12.2 Å². The van der Waals surface area contributed by atoms with Gasteiger partial charge in [0.2, 0.25) is 0 Å². The van der Waals surface area contributed by atoms with Crippen molar-refractivity contribution in [1.29, 1.82) is 0 Å². The fourth-order valence-corrected chi connectivity index (χ4v) is 4.43. The first kappa shape index (κ1) is 13.5. The van der Waals surface area contributed by atoms with Crippen molar-refractivity contribution in [2.75, 3.05) is 6.26 Å². The Balaban J connectivity index is 2.26. The lowest BCUT2D eigenvalue weighted by atomic mass is 9.92. The van der Waals surface area contributed by atoms with E-state index in [0.29, 0.717) is 24.8 Å². The first-order valence-corrected chi connectivity index (χ1v) is 7.92. The lowest BCUT2D eigenvalue weighted by molar-refractivity contribution is 0.0512. The monoisotopic (exact) mass is 272 g/mol. The molecule has 1 N–H and O–H groups in total. The van der Waals surface area contributed by atoms with Gasteiger partial charge in [-0.3, -0.25) is 0 Å². The number of hydrogen-bond donors (Lipinski definition) is 1. The molecule has 3 nitrogen and oxygen atoms in total. The van der Waals surface area contributed by atoms with Crippen molar-refractivity contribution in [3.63, 3.8) is 0 Å². The van der Waals surface area contributed by atoms with Gasteiger partial charge in [0.15, 0.2) is 9.84 Å². The van der Waals surface area contributed by atoms with Crippen molar-refractivity contribution in [2.45, 2.75) is 36.5 Å². The molecule has 100 valence electrons. The number of sulfone groups is 1. The predicted molar refractivity (Wildman–Crippen MR) is 67.5 cm³/mol. The van der Waals surface area contributed by atoms with Gasteiger partial charge >= 0.3 is 0 Å². The van der Waals surface area contributed by atoms with E-state index in [4.69, 9.17) is 0 Å². The summed E-state index contributed by atoms with van der Waals surface area (Å²) in [6.07, 6.45) is 2.94. The zero-order valence-corrected chi connectivity index (χ0v) is 11.1. The number of rotatable bonds is 3. The van der Waals surface area contributed by atoms with Crippen LogP contribution in [0.15, 0.2) is 24.3 Å². The van der Waals surface area contributed by atoms with Crippen LogP contribution in [-0.2, 0) is 16.3 Å². The molecule has 18 heavy (non-hydrogen) atoms. The first-order valence-electron chi connectivity index (χ1n) is 5.97. The maximum Gasteiger partial charge on any atom is 0.153 e. The van der Waals surface area contributed by atoms with Crippen LogP contribution in [0.3, 0.4) is 0 Å². The Morgan fingerprint density at radius 2 is 2.22 bits per heavy atom. The summed E-state index contributed by atoms with van der Waals surface area (Å²) in [5, 5.41) is 9.79. The van der Waals surface area contributed by atoms with Crippen LogP contribution in [0.25, 0.3) is 0 Å². The summed E-state index contributed by atoms with van der Waals surface area (Å²) in [7, 11) is -3.28. The molecule has 0 aliphatic heterocycles. The summed E-state index contributed by atoms with van der Waals surface area (Å²) in [6.45, 7) is 0. The average molecular weight is 272 g/mol. The van der Waals surface area contributed by atoms with Gasteiger partial charge in [-0.05, 0) is 37.0 Å². The molecule has 1 aliphatic carbocycles. The van der Waals surface area contributed by atoms with E-state index < -0.39 is 20.7 Å². The lowest BCUT2D eigenvalue weighted by Gasteiger charge is -2.29. The van der Waals surface area contributed by atoms with Crippen LogP contribution in [0.2, 0.25) is 0 Å². The molecule has 2 rings (SSSR count). The molecular weight excluding hydrogens is 255 g/mol. The Kier molecular flexibility index (Phi) is 3.47. The van der Waals surface area contributed by atoms with Gasteiger partial charge in [0.25, 0.3) is 0 Å². The van der Waals surface area contributed by atoms with Gasteiger partial charge in [0, 0.05) is 12.7 Å². The van der Waals surface area contributed by atoms with Crippen LogP contribution in [0.1, 0.15) is 24.8 Å². The topological polar surface area (TPSA) is 54.4 Å². The summed E-state index contributed by atoms with van der Waals surface area (Å²) in [5.41, 5.74) is -0.630. The highest BCUT2D eigenvalue weighted by molar-refractivity contribution is 7.91. The van der Waals surface area contributed by atoms with E-state index >= 15 is 0 Å². The maximum absolute atomic E-state index is 13.1. The summed E-state index contributed by atoms with van der Waals surface area (Å²) in [4.78, 5) is 0. The second-order valence-electron chi connectivity index (χ2n) is 5.12. The predicted octanol–water partition coefficient (Wildman–Crippen LogP) is 1.70. The van der Waals surface area contributed by atoms with Gasteiger partial charge in [0.05, 0.1) is 10.9 Å². The maximum atomic E-state index is 13.1. The Hall–Kier alpha value is -0.940. The van der Waals surface area contributed by atoms with Crippen molar-refractivity contribution < 1.29 is 17.9 Å². The number of benzene rings is 1. The van der Waals surface area contributed by atoms with Crippen LogP contribution in [0, 0.1) is 5.82 Å². The van der Waals surface area contributed by atoms with Crippen LogP contribution >= 0.6 is 0 Å². The SMILES string of the molecule is CS(=O)(=O)C1CCCC1(O)Cc1cccc(F)c1. The van der Waals surface area contributed by atoms with E-state index in [9.17, 15) is 17.9 Å². The van der Waals surface area contributed by atoms with Crippen molar-refractivity contribution >= 4 is 9.84 Å². The largest absolute Gasteiger partial charge is 0.388 e. The number of halogens is 1. The molecule has 0 aromatic heterocycles. The number of aliphatic hydroxyl groups is 1. The highest BCUT2D eigenvalue weighted by atomic mass is 32.2. The van der Waals surface area contributed by atoms with Gasteiger partial charge in [-0.25, -0.2) is 12.8 Å². The molecule has 0 heterocycles. The van der Waals surface area contributed by atoms with Crippen LogP contribution in [0.5, 0.6) is 0 Å². The van der Waals surface area contributed by atoms with Gasteiger partial charge < -0.3 is 5.11 Å². The minimum absolute atomic E-state index is 0.183. The fraction of sp³-hybridized carbons (Fsp3) is 0.538. The molecule has 2 unspecified atom stereocenters. The minimum atomic E-state index is -3.28. The molecular formula is C13H17FO3S.